The van der Waals surface area contributed by atoms with Gasteiger partial charge in [0.1, 0.15) is 27.2 Å². The van der Waals surface area contributed by atoms with Crippen LogP contribution in [0.25, 0.3) is 31.6 Å². The first-order valence-corrected chi connectivity index (χ1v) is 11.3. The zero-order chi connectivity index (χ0) is 20.8. The van der Waals surface area contributed by atoms with Gasteiger partial charge < -0.3 is 11.5 Å². The van der Waals surface area contributed by atoms with E-state index in [1.807, 2.05) is 41.1 Å². The van der Waals surface area contributed by atoms with E-state index in [-0.39, 0.29) is 23.0 Å². The lowest BCUT2D eigenvalue weighted by molar-refractivity contribution is 0.103. The Morgan fingerprint density at radius 1 is 1.13 bits per heavy atom. The molecule has 30 heavy (non-hydrogen) atoms. The molecular weight excluding hydrogens is 436 g/mol. The van der Waals surface area contributed by atoms with Crippen molar-refractivity contribution in [2.45, 2.75) is 0 Å². The molecule has 0 aliphatic rings. The van der Waals surface area contributed by atoms with Gasteiger partial charge >= 0.3 is 0 Å². The van der Waals surface area contributed by atoms with E-state index >= 15 is 0 Å². The highest BCUT2D eigenvalue weighted by molar-refractivity contribution is 7.23. The molecule has 0 saturated heterocycles. The van der Waals surface area contributed by atoms with Crippen LogP contribution in [-0.4, -0.2) is 15.9 Å². The van der Waals surface area contributed by atoms with Crippen LogP contribution in [0.4, 0.5) is 16.6 Å². The Labute approximate surface area is 182 Å². The Morgan fingerprint density at radius 3 is 2.70 bits per heavy atom. The quantitative estimate of drug-likeness (QED) is 0.359. The highest BCUT2D eigenvalue weighted by atomic mass is 32.1. The topological polar surface area (TPSA) is 131 Å². The van der Waals surface area contributed by atoms with Gasteiger partial charge in [0.2, 0.25) is 0 Å². The number of hydrogen-bond donors (Lipinski definition) is 3. The number of hydrogen-bond acceptors (Lipinski definition) is 9. The molecule has 4 heterocycles. The van der Waals surface area contributed by atoms with Crippen molar-refractivity contribution in [1.29, 1.82) is 5.26 Å². The molecule has 1 amide bonds. The number of para-hydroxylation sites is 1. The van der Waals surface area contributed by atoms with Crippen molar-refractivity contribution >= 4 is 77.0 Å². The van der Waals surface area contributed by atoms with Crippen LogP contribution < -0.4 is 16.8 Å². The van der Waals surface area contributed by atoms with Crippen LogP contribution in [0.2, 0.25) is 0 Å². The van der Waals surface area contributed by atoms with Gasteiger partial charge in [-0.3, -0.25) is 10.1 Å². The van der Waals surface area contributed by atoms with E-state index < -0.39 is 0 Å². The van der Waals surface area contributed by atoms with E-state index in [0.29, 0.717) is 25.8 Å². The average molecular weight is 449 g/mol. The minimum atomic E-state index is -0.372. The van der Waals surface area contributed by atoms with E-state index in [0.717, 1.165) is 27.1 Å². The number of nitrogen functional groups attached to an aromatic ring is 2. The van der Waals surface area contributed by atoms with Crippen LogP contribution >= 0.6 is 34.0 Å². The molecule has 10 heteroatoms. The van der Waals surface area contributed by atoms with Crippen molar-refractivity contribution in [2.24, 2.45) is 0 Å². The van der Waals surface area contributed by atoms with E-state index in [9.17, 15) is 10.1 Å². The maximum atomic E-state index is 13.0. The number of amides is 1. The van der Waals surface area contributed by atoms with Gasteiger partial charge in [-0.05, 0) is 34.5 Å². The molecule has 146 valence electrons. The number of thiophene rings is 2. The molecule has 5 aromatic rings. The lowest BCUT2D eigenvalue weighted by Gasteiger charge is -2.07. The minimum absolute atomic E-state index is 0.116. The lowest BCUT2D eigenvalue weighted by Crippen LogP contribution is -2.11. The van der Waals surface area contributed by atoms with Crippen molar-refractivity contribution in [3.8, 4) is 17.2 Å². The number of nitrogens with two attached hydrogens (primary N) is 2. The van der Waals surface area contributed by atoms with Crippen molar-refractivity contribution in [2.75, 3.05) is 16.8 Å². The number of nitrogens with one attached hydrogen (secondary N) is 1. The van der Waals surface area contributed by atoms with Crippen LogP contribution in [0.1, 0.15) is 15.2 Å². The van der Waals surface area contributed by atoms with E-state index in [1.165, 1.54) is 22.7 Å². The normalized spacial score (nSPS) is 11.0. The summed E-state index contributed by atoms with van der Waals surface area (Å²) in [6, 6.07) is 11.7. The van der Waals surface area contributed by atoms with Gasteiger partial charge in [-0.25, -0.2) is 9.97 Å². The monoisotopic (exact) mass is 448 g/mol. The Balaban J connectivity index is 1.63. The zero-order valence-corrected chi connectivity index (χ0v) is 17.6. The Morgan fingerprint density at radius 2 is 1.97 bits per heavy atom. The summed E-state index contributed by atoms with van der Waals surface area (Å²) >= 11 is 4.03. The van der Waals surface area contributed by atoms with Crippen molar-refractivity contribution < 1.29 is 4.79 Å². The van der Waals surface area contributed by atoms with Crippen LogP contribution in [0.15, 0.2) is 41.1 Å². The second-order valence-electron chi connectivity index (χ2n) is 6.34. The lowest BCUT2D eigenvalue weighted by atomic mass is 9.99. The number of rotatable bonds is 3. The molecular formula is C20H12N6OS3. The van der Waals surface area contributed by atoms with Gasteiger partial charge in [-0.2, -0.15) is 16.6 Å². The molecule has 0 radical (unpaired) electrons. The van der Waals surface area contributed by atoms with Crippen LogP contribution in [0, 0.1) is 11.3 Å². The zero-order valence-electron chi connectivity index (χ0n) is 15.2. The molecule has 0 saturated carbocycles. The van der Waals surface area contributed by atoms with Gasteiger partial charge in [0, 0.05) is 10.9 Å². The number of aromatic nitrogens is 2. The Hall–Kier alpha value is -3.52. The van der Waals surface area contributed by atoms with Crippen LogP contribution in [-0.2, 0) is 0 Å². The fourth-order valence-corrected chi connectivity index (χ4v) is 5.74. The fraction of sp³-hybridized carbons (Fsp3) is 0. The average Bonchev–Trinajstić information content (AvgIpc) is 3.45. The van der Waals surface area contributed by atoms with Gasteiger partial charge in [0.25, 0.3) is 5.91 Å². The maximum Gasteiger partial charge on any atom is 0.269 e. The molecule has 0 atom stereocenters. The SMILES string of the molecule is N#Cc1c(N)nc2sc(C(=O)Nc3nc4ccccc4s3)c(N)c2c1-c1ccsc1. The number of benzene rings is 1. The van der Waals surface area contributed by atoms with Crippen molar-refractivity contribution in [3.05, 3.63) is 51.5 Å². The molecule has 0 spiro atoms. The van der Waals surface area contributed by atoms with Gasteiger partial charge in [-0.1, -0.05) is 23.5 Å². The van der Waals surface area contributed by atoms with E-state index in [4.69, 9.17) is 11.5 Å². The summed E-state index contributed by atoms with van der Waals surface area (Å²) in [7, 11) is 0. The maximum absolute atomic E-state index is 13.0. The van der Waals surface area contributed by atoms with Crippen LogP contribution in [0.3, 0.4) is 0 Å². The summed E-state index contributed by atoms with van der Waals surface area (Å²) in [6.45, 7) is 0. The predicted octanol–water partition coefficient (Wildman–Crippen LogP) is 4.92. The second-order valence-corrected chi connectivity index (χ2v) is 9.15. The first-order chi connectivity index (χ1) is 14.6. The number of nitriles is 1. The van der Waals surface area contributed by atoms with Crippen LogP contribution in [0.5, 0.6) is 0 Å². The van der Waals surface area contributed by atoms with Gasteiger partial charge in [-0.15, -0.1) is 11.3 Å². The van der Waals surface area contributed by atoms with Crippen molar-refractivity contribution in [3.63, 3.8) is 0 Å². The summed E-state index contributed by atoms with van der Waals surface area (Å²) in [5, 5.41) is 17.3. The first kappa shape index (κ1) is 18.5. The number of nitrogens with zero attached hydrogens (tertiary/aromatic N) is 3. The summed E-state index contributed by atoms with van der Waals surface area (Å²) in [5.41, 5.74) is 15.2. The van der Waals surface area contributed by atoms with E-state index in [1.54, 1.807) is 0 Å². The van der Waals surface area contributed by atoms with E-state index in [2.05, 4.69) is 21.4 Å². The van der Waals surface area contributed by atoms with Gasteiger partial charge in [0.15, 0.2) is 5.13 Å². The molecule has 0 aliphatic carbocycles. The number of fused-ring (bicyclic) bond motifs is 2. The first-order valence-electron chi connectivity index (χ1n) is 8.68. The number of anilines is 3. The smallest absolute Gasteiger partial charge is 0.269 e. The molecule has 5 N–H and O–H groups in total. The number of thiazole rings is 1. The van der Waals surface area contributed by atoms with Gasteiger partial charge in [0.05, 0.1) is 15.9 Å². The molecule has 0 aliphatic heterocycles. The Kier molecular flexibility index (Phi) is 4.36. The highest BCUT2D eigenvalue weighted by Gasteiger charge is 2.25. The number of carbonyl (C=O) groups is 1. The Bertz CT molecular complexity index is 1440. The minimum Gasteiger partial charge on any atom is -0.397 e. The standard InChI is InChI=1S/C20H12N6OS3/c21-7-10-13(9-5-6-28-8-9)14-15(22)16(30-19(14)25-17(10)23)18(27)26-20-24-11-3-1-2-4-12(11)29-20/h1-6,8H,22H2,(H2,23,25)(H,24,26,27). The fourth-order valence-electron chi connectivity index (χ4n) is 3.23. The molecule has 0 unspecified atom stereocenters. The molecule has 0 bridgehead atoms. The summed E-state index contributed by atoms with van der Waals surface area (Å²) < 4.78 is 0.977. The third-order valence-electron chi connectivity index (χ3n) is 4.55. The third-order valence-corrected chi connectivity index (χ3v) is 7.28. The number of carbonyl (C=O) groups excluding carboxylic acids is 1. The highest BCUT2D eigenvalue weighted by Crippen LogP contribution is 2.43. The third kappa shape index (κ3) is 2.88. The molecule has 4 aromatic heterocycles. The molecule has 7 nitrogen and oxygen atoms in total. The predicted molar refractivity (Wildman–Crippen MR) is 124 cm³/mol. The van der Waals surface area contributed by atoms with Crippen molar-refractivity contribution in [1.82, 2.24) is 9.97 Å². The molecule has 0 fully saturated rings. The second kappa shape index (κ2) is 7.07. The summed E-state index contributed by atoms with van der Waals surface area (Å²) in [4.78, 5) is 22.6. The molecule has 1 aromatic carbocycles. The summed E-state index contributed by atoms with van der Waals surface area (Å²) in [6.07, 6.45) is 0. The summed E-state index contributed by atoms with van der Waals surface area (Å²) in [5.74, 6) is -0.256. The molecule has 5 rings (SSSR count). The number of pyridine rings is 1. The largest absolute Gasteiger partial charge is 0.397 e.